The van der Waals surface area contributed by atoms with E-state index in [1.54, 1.807) is 12.1 Å². The fourth-order valence-electron chi connectivity index (χ4n) is 4.13. The topological polar surface area (TPSA) is 52.6 Å². The van der Waals surface area contributed by atoms with Gasteiger partial charge in [-0.05, 0) is 55.5 Å². The molecular formula is C23H31FIN5. The van der Waals surface area contributed by atoms with Crippen molar-refractivity contribution in [2.24, 2.45) is 4.99 Å². The van der Waals surface area contributed by atoms with Crippen LogP contribution in [0, 0.1) is 5.82 Å². The van der Waals surface area contributed by atoms with Gasteiger partial charge in [-0.2, -0.15) is 0 Å². The maximum absolute atomic E-state index is 13.6. The zero-order valence-electron chi connectivity index (χ0n) is 17.5. The summed E-state index contributed by atoms with van der Waals surface area (Å²) in [5.41, 5.74) is 2.26. The van der Waals surface area contributed by atoms with E-state index < -0.39 is 0 Å². The van der Waals surface area contributed by atoms with Crippen molar-refractivity contribution in [2.45, 2.75) is 43.7 Å². The van der Waals surface area contributed by atoms with Gasteiger partial charge in [-0.3, -0.25) is 14.9 Å². The quantitative estimate of drug-likeness (QED) is 0.345. The van der Waals surface area contributed by atoms with Gasteiger partial charge in [0.15, 0.2) is 5.96 Å². The summed E-state index contributed by atoms with van der Waals surface area (Å²) < 4.78 is 13.6. The number of nitrogens with one attached hydrogen (secondary N) is 2. The number of piperidine rings is 1. The van der Waals surface area contributed by atoms with Crippen molar-refractivity contribution >= 4 is 29.9 Å². The summed E-state index contributed by atoms with van der Waals surface area (Å²) in [6, 6.07) is 13.5. The van der Waals surface area contributed by atoms with Crippen molar-refractivity contribution < 1.29 is 4.39 Å². The summed E-state index contributed by atoms with van der Waals surface area (Å²) >= 11 is 0. The van der Waals surface area contributed by atoms with E-state index in [0.717, 1.165) is 69.1 Å². The molecule has 2 N–H and O–H groups in total. The highest BCUT2D eigenvalue weighted by atomic mass is 127. The van der Waals surface area contributed by atoms with Gasteiger partial charge in [0.25, 0.3) is 0 Å². The Morgan fingerprint density at radius 2 is 2.00 bits per heavy atom. The number of hydrogen-bond acceptors (Lipinski definition) is 3. The van der Waals surface area contributed by atoms with Crippen LogP contribution >= 0.6 is 24.0 Å². The number of rotatable bonds is 6. The van der Waals surface area contributed by atoms with Crippen LogP contribution < -0.4 is 10.6 Å². The summed E-state index contributed by atoms with van der Waals surface area (Å²) in [6.07, 6.45) is 6.21. The molecule has 0 amide bonds. The number of aliphatic imine (C=N–C) groups is 1. The van der Waals surface area contributed by atoms with Gasteiger partial charge in [0.1, 0.15) is 5.82 Å². The zero-order valence-corrected chi connectivity index (χ0v) is 19.8. The monoisotopic (exact) mass is 523 g/mol. The second-order valence-corrected chi connectivity index (χ2v) is 8.23. The third kappa shape index (κ3) is 5.91. The molecule has 0 unspecified atom stereocenters. The number of likely N-dealkylation sites (tertiary alicyclic amines) is 1. The minimum Gasteiger partial charge on any atom is -0.356 e. The minimum atomic E-state index is -0.159. The molecular weight excluding hydrogens is 492 g/mol. The third-order valence-corrected chi connectivity index (χ3v) is 6.15. The average molecular weight is 523 g/mol. The van der Waals surface area contributed by atoms with Crippen molar-refractivity contribution in [3.63, 3.8) is 0 Å². The standard InChI is InChI=1S/C23H30FN5.HI/c1-25-22(27-17-23(10-11-23)18-5-4-6-19(24)15-18)28-20-8-13-29(14-9-20)16-21-7-2-3-12-26-21;/h2-7,12,15,20H,8-11,13-14,16-17H2,1H3,(H2,25,27,28);1H. The number of nitrogens with zero attached hydrogens (tertiary/aromatic N) is 3. The van der Waals surface area contributed by atoms with Crippen molar-refractivity contribution in [1.29, 1.82) is 0 Å². The molecule has 162 valence electrons. The van der Waals surface area contributed by atoms with Crippen LogP contribution in [0.3, 0.4) is 0 Å². The van der Waals surface area contributed by atoms with Gasteiger partial charge in [-0.15, -0.1) is 24.0 Å². The Kier molecular flexibility index (Phi) is 8.05. The van der Waals surface area contributed by atoms with Gasteiger partial charge < -0.3 is 10.6 Å². The van der Waals surface area contributed by atoms with Gasteiger partial charge >= 0.3 is 0 Å². The van der Waals surface area contributed by atoms with Gasteiger partial charge in [-0.25, -0.2) is 4.39 Å². The molecule has 1 aromatic carbocycles. The zero-order chi connectivity index (χ0) is 20.1. The number of aromatic nitrogens is 1. The summed E-state index contributed by atoms with van der Waals surface area (Å²) in [4.78, 5) is 11.3. The summed E-state index contributed by atoms with van der Waals surface area (Å²) in [5.74, 6) is 0.685. The molecule has 0 spiro atoms. The van der Waals surface area contributed by atoms with E-state index in [0.29, 0.717) is 6.04 Å². The highest BCUT2D eigenvalue weighted by Crippen LogP contribution is 2.47. The van der Waals surface area contributed by atoms with Gasteiger partial charge in [-0.1, -0.05) is 18.2 Å². The first kappa shape index (κ1) is 22.9. The SMILES string of the molecule is CN=C(NCC1(c2cccc(F)c2)CC1)NC1CCN(Cc2ccccn2)CC1.I. The first-order chi connectivity index (χ1) is 14.2. The van der Waals surface area contributed by atoms with E-state index in [-0.39, 0.29) is 35.2 Å². The van der Waals surface area contributed by atoms with Crippen molar-refractivity contribution in [3.05, 3.63) is 65.7 Å². The predicted octanol–water partition coefficient (Wildman–Crippen LogP) is 3.70. The lowest BCUT2D eigenvalue weighted by Gasteiger charge is -2.33. The number of benzene rings is 1. The predicted molar refractivity (Wildman–Crippen MR) is 130 cm³/mol. The van der Waals surface area contributed by atoms with Crippen LogP contribution in [0.25, 0.3) is 0 Å². The second kappa shape index (κ2) is 10.5. The number of hydrogen-bond donors (Lipinski definition) is 2. The number of pyridine rings is 1. The summed E-state index contributed by atoms with van der Waals surface area (Å²) in [6.45, 7) is 3.81. The molecule has 0 atom stereocenters. The Morgan fingerprint density at radius 1 is 1.20 bits per heavy atom. The van der Waals surface area contributed by atoms with Crippen molar-refractivity contribution in [3.8, 4) is 0 Å². The molecule has 1 aromatic heterocycles. The van der Waals surface area contributed by atoms with Crippen LogP contribution in [0.5, 0.6) is 0 Å². The summed E-state index contributed by atoms with van der Waals surface area (Å²) in [7, 11) is 1.81. The van der Waals surface area contributed by atoms with Crippen molar-refractivity contribution in [2.75, 3.05) is 26.7 Å². The Bertz CT molecular complexity index is 832. The molecule has 1 aliphatic carbocycles. The van der Waals surface area contributed by atoms with Crippen LogP contribution in [0.4, 0.5) is 4.39 Å². The Balaban J connectivity index is 0.00000256. The fraction of sp³-hybridized carbons (Fsp3) is 0.478. The molecule has 5 nitrogen and oxygen atoms in total. The van der Waals surface area contributed by atoms with E-state index in [1.807, 2.05) is 31.4 Å². The smallest absolute Gasteiger partial charge is 0.191 e. The highest BCUT2D eigenvalue weighted by molar-refractivity contribution is 14.0. The van der Waals surface area contributed by atoms with E-state index in [4.69, 9.17) is 0 Å². The van der Waals surface area contributed by atoms with Gasteiger partial charge in [0.2, 0.25) is 0 Å². The normalized spacial score (nSPS) is 19.1. The Morgan fingerprint density at radius 3 is 2.63 bits per heavy atom. The van der Waals surface area contributed by atoms with Crippen LogP contribution in [-0.4, -0.2) is 48.6 Å². The maximum atomic E-state index is 13.6. The van der Waals surface area contributed by atoms with Crippen LogP contribution in [0.1, 0.15) is 36.9 Å². The van der Waals surface area contributed by atoms with Crippen LogP contribution in [0.15, 0.2) is 53.7 Å². The van der Waals surface area contributed by atoms with E-state index in [9.17, 15) is 4.39 Å². The van der Waals surface area contributed by atoms with Gasteiger partial charge in [0.05, 0.1) is 5.69 Å². The minimum absolute atomic E-state index is 0. The molecule has 0 bridgehead atoms. The van der Waals surface area contributed by atoms with Crippen molar-refractivity contribution in [1.82, 2.24) is 20.5 Å². The molecule has 0 radical (unpaired) electrons. The molecule has 2 heterocycles. The van der Waals surface area contributed by atoms with E-state index in [1.165, 1.54) is 6.07 Å². The lowest BCUT2D eigenvalue weighted by Crippen LogP contribution is -2.49. The molecule has 2 fully saturated rings. The number of guanidine groups is 1. The molecule has 1 saturated carbocycles. The maximum Gasteiger partial charge on any atom is 0.191 e. The Hall–Kier alpha value is -1.74. The van der Waals surface area contributed by atoms with E-state index >= 15 is 0 Å². The molecule has 1 saturated heterocycles. The molecule has 30 heavy (non-hydrogen) atoms. The lowest BCUT2D eigenvalue weighted by molar-refractivity contribution is 0.196. The lowest BCUT2D eigenvalue weighted by atomic mass is 9.96. The first-order valence-corrected chi connectivity index (χ1v) is 10.5. The van der Waals surface area contributed by atoms with E-state index in [2.05, 4.69) is 31.6 Å². The molecule has 2 aromatic rings. The molecule has 4 rings (SSSR count). The second-order valence-electron chi connectivity index (χ2n) is 8.23. The van der Waals surface area contributed by atoms with Gasteiger partial charge in [0, 0.05) is 50.9 Å². The molecule has 7 heteroatoms. The highest BCUT2D eigenvalue weighted by Gasteiger charge is 2.44. The molecule has 2 aliphatic rings. The summed E-state index contributed by atoms with van der Waals surface area (Å²) in [5, 5.41) is 7.06. The number of halogens is 2. The fourth-order valence-corrected chi connectivity index (χ4v) is 4.13. The van der Waals surface area contributed by atoms with Crippen LogP contribution in [0.2, 0.25) is 0 Å². The van der Waals surface area contributed by atoms with Crippen LogP contribution in [-0.2, 0) is 12.0 Å². The first-order valence-electron chi connectivity index (χ1n) is 10.5. The third-order valence-electron chi connectivity index (χ3n) is 6.15. The molecule has 1 aliphatic heterocycles. The Labute approximate surface area is 195 Å². The largest absolute Gasteiger partial charge is 0.356 e. The average Bonchev–Trinajstić information content (AvgIpc) is 3.54.